The highest BCUT2D eigenvalue weighted by molar-refractivity contribution is 5.91. The van der Waals surface area contributed by atoms with Crippen LogP contribution in [-0.2, 0) is 11.3 Å². The highest BCUT2D eigenvalue weighted by atomic mass is 16.5. The first-order chi connectivity index (χ1) is 12.0. The van der Waals surface area contributed by atoms with Crippen LogP contribution in [0.1, 0.15) is 29.4 Å². The predicted molar refractivity (Wildman–Crippen MR) is 93.3 cm³/mol. The SMILES string of the molecule is CCn1c(=O)c(C(=O)NCCCOC)nn(-c2cccc(C)c2)c1=O. The number of amides is 1. The molecule has 0 aliphatic rings. The van der Waals surface area contributed by atoms with Gasteiger partial charge in [0.1, 0.15) is 0 Å². The predicted octanol–water partition coefficient (Wildman–Crippen LogP) is 0.489. The van der Waals surface area contributed by atoms with Crippen molar-refractivity contribution in [2.75, 3.05) is 20.3 Å². The molecule has 0 saturated carbocycles. The minimum Gasteiger partial charge on any atom is -0.385 e. The summed E-state index contributed by atoms with van der Waals surface area (Å²) in [6.45, 7) is 4.55. The number of aryl methyl sites for hydroxylation is 1. The van der Waals surface area contributed by atoms with Crippen molar-refractivity contribution < 1.29 is 9.53 Å². The molecular weight excluding hydrogens is 324 g/mol. The highest BCUT2D eigenvalue weighted by Gasteiger charge is 2.19. The van der Waals surface area contributed by atoms with E-state index in [4.69, 9.17) is 4.74 Å². The van der Waals surface area contributed by atoms with Gasteiger partial charge in [0.05, 0.1) is 5.69 Å². The van der Waals surface area contributed by atoms with Gasteiger partial charge in [0.15, 0.2) is 0 Å². The molecule has 0 unspecified atom stereocenters. The van der Waals surface area contributed by atoms with Crippen molar-refractivity contribution in [3.63, 3.8) is 0 Å². The quantitative estimate of drug-likeness (QED) is 0.736. The fraction of sp³-hybridized carbons (Fsp3) is 0.412. The number of carbonyl (C=O) groups is 1. The Bertz CT molecular complexity index is 870. The minimum atomic E-state index is -0.694. The number of benzene rings is 1. The second-order valence-electron chi connectivity index (χ2n) is 5.53. The Morgan fingerprint density at radius 2 is 2.08 bits per heavy atom. The van der Waals surface area contributed by atoms with Gasteiger partial charge in [0.25, 0.3) is 11.5 Å². The average molecular weight is 346 g/mol. The molecule has 1 heterocycles. The van der Waals surface area contributed by atoms with Crippen LogP contribution >= 0.6 is 0 Å². The van der Waals surface area contributed by atoms with Crippen LogP contribution in [0.25, 0.3) is 5.69 Å². The molecule has 134 valence electrons. The van der Waals surface area contributed by atoms with Gasteiger partial charge in [0.2, 0.25) is 5.69 Å². The molecule has 0 radical (unpaired) electrons. The normalized spacial score (nSPS) is 10.7. The molecule has 1 amide bonds. The molecule has 0 bridgehead atoms. The van der Waals surface area contributed by atoms with Crippen molar-refractivity contribution in [2.24, 2.45) is 0 Å². The van der Waals surface area contributed by atoms with Gasteiger partial charge in [0, 0.05) is 26.8 Å². The maximum absolute atomic E-state index is 12.5. The van der Waals surface area contributed by atoms with Crippen LogP contribution in [-0.4, -0.2) is 40.5 Å². The summed E-state index contributed by atoms with van der Waals surface area (Å²) in [7, 11) is 1.57. The first kappa shape index (κ1) is 18.6. The third kappa shape index (κ3) is 4.21. The van der Waals surface area contributed by atoms with Crippen LogP contribution in [0.2, 0.25) is 0 Å². The van der Waals surface area contributed by atoms with Crippen LogP contribution in [0.15, 0.2) is 33.9 Å². The Labute approximate surface area is 145 Å². The fourth-order valence-electron chi connectivity index (χ4n) is 2.37. The van der Waals surface area contributed by atoms with Crippen molar-refractivity contribution in [1.29, 1.82) is 0 Å². The van der Waals surface area contributed by atoms with Crippen molar-refractivity contribution in [2.45, 2.75) is 26.8 Å². The number of aromatic nitrogens is 3. The molecule has 0 fully saturated rings. The van der Waals surface area contributed by atoms with Crippen molar-refractivity contribution in [1.82, 2.24) is 19.7 Å². The van der Waals surface area contributed by atoms with E-state index in [1.54, 1.807) is 32.2 Å². The molecule has 8 nitrogen and oxygen atoms in total. The molecule has 0 spiro atoms. The zero-order valence-electron chi connectivity index (χ0n) is 14.6. The van der Waals surface area contributed by atoms with Crippen LogP contribution in [0, 0.1) is 6.92 Å². The molecule has 25 heavy (non-hydrogen) atoms. The average Bonchev–Trinajstić information content (AvgIpc) is 2.59. The third-order valence-electron chi connectivity index (χ3n) is 3.65. The molecule has 1 aromatic heterocycles. The summed E-state index contributed by atoms with van der Waals surface area (Å²) in [5.74, 6) is -0.607. The smallest absolute Gasteiger partial charge is 0.352 e. The number of hydrogen-bond acceptors (Lipinski definition) is 5. The van der Waals surface area contributed by atoms with E-state index in [1.165, 1.54) is 0 Å². The van der Waals surface area contributed by atoms with E-state index < -0.39 is 17.2 Å². The maximum atomic E-state index is 12.5. The monoisotopic (exact) mass is 346 g/mol. The van der Waals surface area contributed by atoms with Gasteiger partial charge in [-0.05, 0) is 38.0 Å². The van der Waals surface area contributed by atoms with E-state index in [9.17, 15) is 14.4 Å². The standard InChI is InChI=1S/C17H22N4O4/c1-4-20-16(23)14(15(22)18-9-6-10-25-3)19-21(17(20)24)13-8-5-7-12(2)11-13/h5,7-8,11H,4,6,9-10H2,1-3H3,(H,18,22). The Kier molecular flexibility index (Phi) is 6.24. The Balaban J connectivity index is 2.47. The zero-order valence-corrected chi connectivity index (χ0v) is 14.6. The molecule has 1 aromatic carbocycles. The van der Waals surface area contributed by atoms with Gasteiger partial charge in [-0.3, -0.25) is 14.2 Å². The summed E-state index contributed by atoms with van der Waals surface area (Å²) in [6.07, 6.45) is 0.613. The van der Waals surface area contributed by atoms with Crippen LogP contribution < -0.4 is 16.6 Å². The Morgan fingerprint density at radius 1 is 1.32 bits per heavy atom. The lowest BCUT2D eigenvalue weighted by Gasteiger charge is -2.11. The molecule has 0 saturated heterocycles. The molecular formula is C17H22N4O4. The van der Waals surface area contributed by atoms with E-state index >= 15 is 0 Å². The summed E-state index contributed by atoms with van der Waals surface area (Å²) in [4.78, 5) is 37.2. The van der Waals surface area contributed by atoms with E-state index in [-0.39, 0.29) is 12.2 Å². The van der Waals surface area contributed by atoms with Crippen LogP contribution in [0.4, 0.5) is 0 Å². The summed E-state index contributed by atoms with van der Waals surface area (Å²) in [5.41, 5.74) is -0.137. The molecule has 1 N–H and O–H groups in total. The van der Waals surface area contributed by atoms with Crippen molar-refractivity contribution in [3.05, 3.63) is 56.4 Å². The largest absolute Gasteiger partial charge is 0.385 e. The van der Waals surface area contributed by atoms with Crippen molar-refractivity contribution >= 4 is 5.91 Å². The molecule has 8 heteroatoms. The maximum Gasteiger partial charge on any atom is 0.352 e. The lowest BCUT2D eigenvalue weighted by molar-refractivity contribution is 0.0938. The molecule has 0 aliphatic carbocycles. The number of rotatable bonds is 7. The number of methoxy groups -OCH3 is 1. The van der Waals surface area contributed by atoms with Gasteiger partial charge in [-0.1, -0.05) is 12.1 Å². The number of nitrogens with zero attached hydrogens (tertiary/aromatic N) is 3. The van der Waals surface area contributed by atoms with Gasteiger partial charge in [-0.25, -0.2) is 4.79 Å². The Hall–Kier alpha value is -2.74. The van der Waals surface area contributed by atoms with Crippen molar-refractivity contribution in [3.8, 4) is 5.69 Å². The first-order valence-corrected chi connectivity index (χ1v) is 8.08. The van der Waals surface area contributed by atoms with Gasteiger partial charge < -0.3 is 10.1 Å². The van der Waals surface area contributed by atoms with Crippen LogP contribution in [0.3, 0.4) is 0 Å². The Morgan fingerprint density at radius 3 is 2.72 bits per heavy atom. The first-order valence-electron chi connectivity index (χ1n) is 8.08. The summed E-state index contributed by atoms with van der Waals surface area (Å²) < 4.78 is 7.00. The van der Waals surface area contributed by atoms with Crippen LogP contribution in [0.5, 0.6) is 0 Å². The van der Waals surface area contributed by atoms with E-state index in [2.05, 4.69) is 10.4 Å². The molecule has 0 aliphatic heterocycles. The summed E-state index contributed by atoms with van der Waals surface area (Å²) >= 11 is 0. The van der Waals surface area contributed by atoms with Gasteiger partial charge in [-0.15, -0.1) is 0 Å². The molecule has 0 atom stereocenters. The van der Waals surface area contributed by atoms with E-state index in [0.717, 1.165) is 14.8 Å². The minimum absolute atomic E-state index is 0.149. The van der Waals surface area contributed by atoms with Gasteiger partial charge in [-0.2, -0.15) is 9.78 Å². The summed E-state index contributed by atoms with van der Waals surface area (Å²) in [6, 6.07) is 7.13. The third-order valence-corrected chi connectivity index (χ3v) is 3.65. The number of carbonyl (C=O) groups excluding carboxylic acids is 1. The topological polar surface area (TPSA) is 95.2 Å². The van der Waals surface area contributed by atoms with Gasteiger partial charge >= 0.3 is 5.69 Å². The molecule has 2 rings (SSSR count). The van der Waals surface area contributed by atoms with E-state index in [1.807, 2.05) is 13.0 Å². The molecule has 2 aromatic rings. The lowest BCUT2D eigenvalue weighted by Crippen LogP contribution is -2.45. The second kappa shape index (κ2) is 8.39. The lowest BCUT2D eigenvalue weighted by atomic mass is 10.2. The highest BCUT2D eigenvalue weighted by Crippen LogP contribution is 2.06. The second-order valence-corrected chi connectivity index (χ2v) is 5.53. The fourth-order valence-corrected chi connectivity index (χ4v) is 2.37. The van der Waals surface area contributed by atoms with E-state index in [0.29, 0.717) is 25.3 Å². The number of hydrogen-bond donors (Lipinski definition) is 1. The number of nitrogens with one attached hydrogen (secondary N) is 1. The summed E-state index contributed by atoms with van der Waals surface area (Å²) in [5, 5.41) is 6.64. The number of ether oxygens (including phenoxy) is 1. The zero-order chi connectivity index (χ0) is 18.4.